The molecular formula is C18H20F2N2O6S2. The first-order chi connectivity index (χ1) is 14.1. The summed E-state index contributed by atoms with van der Waals surface area (Å²) in [5, 5.41) is 0. The summed E-state index contributed by atoms with van der Waals surface area (Å²) in [6.07, 6.45) is 0. The van der Waals surface area contributed by atoms with Crippen LogP contribution in [0.1, 0.15) is 0 Å². The molecule has 0 bridgehead atoms. The molecule has 3 rings (SSSR count). The van der Waals surface area contributed by atoms with Crippen LogP contribution in [0.3, 0.4) is 0 Å². The molecule has 0 atom stereocenters. The van der Waals surface area contributed by atoms with Gasteiger partial charge in [0.05, 0.1) is 24.0 Å². The van der Waals surface area contributed by atoms with Gasteiger partial charge in [-0.3, -0.25) is 0 Å². The molecule has 0 radical (unpaired) electrons. The zero-order valence-corrected chi connectivity index (χ0v) is 17.8. The Bertz CT molecular complexity index is 1150. The van der Waals surface area contributed by atoms with E-state index in [0.29, 0.717) is 11.8 Å². The van der Waals surface area contributed by atoms with Crippen molar-refractivity contribution >= 4 is 20.0 Å². The van der Waals surface area contributed by atoms with Gasteiger partial charge in [-0.25, -0.2) is 25.6 Å². The maximum Gasteiger partial charge on any atom is 0.243 e. The number of rotatable bonds is 6. The zero-order valence-electron chi connectivity index (χ0n) is 16.2. The monoisotopic (exact) mass is 462 g/mol. The van der Waals surface area contributed by atoms with E-state index < -0.39 is 36.6 Å². The number of hydrogen-bond acceptors (Lipinski definition) is 6. The average Bonchev–Trinajstić information content (AvgIpc) is 2.75. The minimum Gasteiger partial charge on any atom is -0.493 e. The molecule has 0 amide bonds. The van der Waals surface area contributed by atoms with Crippen LogP contribution in [0.15, 0.2) is 46.2 Å². The molecule has 1 saturated heterocycles. The van der Waals surface area contributed by atoms with Gasteiger partial charge in [-0.05, 0) is 30.3 Å². The number of nitrogens with zero attached hydrogens (tertiary/aromatic N) is 2. The number of piperazine rings is 1. The Hall–Kier alpha value is -2.28. The normalized spacial score (nSPS) is 16.4. The highest BCUT2D eigenvalue weighted by Crippen LogP contribution is 2.31. The van der Waals surface area contributed by atoms with Crippen molar-refractivity contribution in [1.82, 2.24) is 8.61 Å². The van der Waals surface area contributed by atoms with Crippen LogP contribution < -0.4 is 9.47 Å². The van der Waals surface area contributed by atoms with Gasteiger partial charge in [0, 0.05) is 32.2 Å². The van der Waals surface area contributed by atoms with Crippen molar-refractivity contribution in [3.8, 4) is 11.5 Å². The van der Waals surface area contributed by atoms with Gasteiger partial charge in [0.25, 0.3) is 0 Å². The maximum absolute atomic E-state index is 13.4. The Morgan fingerprint density at radius 1 is 0.700 bits per heavy atom. The van der Waals surface area contributed by atoms with E-state index in [9.17, 15) is 25.6 Å². The van der Waals surface area contributed by atoms with E-state index in [-0.39, 0.29) is 36.8 Å². The van der Waals surface area contributed by atoms with Crippen LogP contribution in [-0.4, -0.2) is 65.8 Å². The number of sulfonamides is 2. The predicted octanol–water partition coefficient (Wildman–Crippen LogP) is 1.68. The summed E-state index contributed by atoms with van der Waals surface area (Å²) in [4.78, 5) is -0.408. The lowest BCUT2D eigenvalue weighted by molar-refractivity contribution is 0.272. The average molecular weight is 462 g/mol. The summed E-state index contributed by atoms with van der Waals surface area (Å²) in [5.74, 6) is -1.80. The maximum atomic E-state index is 13.4. The first-order valence-corrected chi connectivity index (χ1v) is 11.7. The second-order valence-electron chi connectivity index (χ2n) is 6.40. The molecule has 0 unspecified atom stereocenters. The third-order valence-corrected chi connectivity index (χ3v) is 8.51. The number of ether oxygens (including phenoxy) is 2. The van der Waals surface area contributed by atoms with Crippen LogP contribution >= 0.6 is 0 Å². The van der Waals surface area contributed by atoms with Gasteiger partial charge < -0.3 is 9.47 Å². The Kier molecular flexibility index (Phi) is 6.32. The van der Waals surface area contributed by atoms with Crippen LogP contribution in [0, 0.1) is 11.6 Å². The largest absolute Gasteiger partial charge is 0.493 e. The van der Waals surface area contributed by atoms with Gasteiger partial charge in [0.1, 0.15) is 0 Å². The fourth-order valence-electron chi connectivity index (χ4n) is 3.06. The molecule has 0 N–H and O–H groups in total. The Labute approximate surface area is 173 Å². The van der Waals surface area contributed by atoms with E-state index in [4.69, 9.17) is 9.47 Å². The molecule has 30 heavy (non-hydrogen) atoms. The molecule has 0 saturated carbocycles. The summed E-state index contributed by atoms with van der Waals surface area (Å²) in [6, 6.07) is 6.49. The summed E-state index contributed by atoms with van der Waals surface area (Å²) in [7, 11) is -5.17. The molecule has 164 valence electrons. The number of methoxy groups -OCH3 is 2. The molecular weight excluding hydrogens is 442 g/mol. The van der Waals surface area contributed by atoms with Gasteiger partial charge in [0.15, 0.2) is 23.1 Å². The lowest BCUT2D eigenvalue weighted by Crippen LogP contribution is -2.50. The van der Waals surface area contributed by atoms with E-state index in [1.54, 1.807) is 0 Å². The first kappa shape index (κ1) is 22.4. The molecule has 0 aliphatic carbocycles. The highest BCUT2D eigenvalue weighted by atomic mass is 32.2. The highest BCUT2D eigenvalue weighted by molar-refractivity contribution is 7.89. The van der Waals surface area contributed by atoms with Crippen molar-refractivity contribution in [3.05, 3.63) is 48.0 Å². The summed E-state index contributed by atoms with van der Waals surface area (Å²) in [6.45, 7) is -0.457. The second-order valence-corrected chi connectivity index (χ2v) is 10.3. The highest BCUT2D eigenvalue weighted by Gasteiger charge is 2.34. The molecule has 2 aromatic carbocycles. The molecule has 0 aromatic heterocycles. The molecule has 1 aliphatic rings. The van der Waals surface area contributed by atoms with Crippen LogP contribution in [0.4, 0.5) is 8.78 Å². The Balaban J connectivity index is 1.78. The third-order valence-electron chi connectivity index (χ3n) is 4.72. The van der Waals surface area contributed by atoms with Crippen LogP contribution in [0.25, 0.3) is 0 Å². The molecule has 0 spiro atoms. The van der Waals surface area contributed by atoms with Gasteiger partial charge in [0.2, 0.25) is 20.0 Å². The fourth-order valence-corrected chi connectivity index (χ4v) is 5.94. The van der Waals surface area contributed by atoms with Crippen molar-refractivity contribution in [3.63, 3.8) is 0 Å². The van der Waals surface area contributed by atoms with Crippen molar-refractivity contribution in [2.24, 2.45) is 0 Å². The van der Waals surface area contributed by atoms with Crippen molar-refractivity contribution in [1.29, 1.82) is 0 Å². The predicted molar refractivity (Wildman–Crippen MR) is 103 cm³/mol. The molecule has 12 heteroatoms. The van der Waals surface area contributed by atoms with Crippen LogP contribution in [0.2, 0.25) is 0 Å². The van der Waals surface area contributed by atoms with Crippen molar-refractivity contribution in [2.45, 2.75) is 9.79 Å². The van der Waals surface area contributed by atoms with Gasteiger partial charge in [-0.1, -0.05) is 0 Å². The Morgan fingerprint density at radius 3 is 1.63 bits per heavy atom. The number of halogens is 2. The van der Waals surface area contributed by atoms with E-state index in [2.05, 4.69) is 0 Å². The first-order valence-electron chi connectivity index (χ1n) is 8.78. The van der Waals surface area contributed by atoms with E-state index in [0.717, 1.165) is 20.7 Å². The topological polar surface area (TPSA) is 93.2 Å². The van der Waals surface area contributed by atoms with Gasteiger partial charge in [-0.2, -0.15) is 8.61 Å². The smallest absolute Gasteiger partial charge is 0.243 e. The molecule has 1 fully saturated rings. The van der Waals surface area contributed by atoms with Crippen molar-refractivity contribution < 1.29 is 35.1 Å². The molecule has 8 nitrogen and oxygen atoms in total. The number of hydrogen-bond donors (Lipinski definition) is 0. The van der Waals surface area contributed by atoms with E-state index >= 15 is 0 Å². The van der Waals surface area contributed by atoms with Crippen LogP contribution in [0.5, 0.6) is 11.5 Å². The summed E-state index contributed by atoms with van der Waals surface area (Å²) < 4.78 is 90.2. The standard InChI is InChI=1S/C18H20F2N2O6S2/c1-27-17-6-4-14(12-18(17)28-2)30(25,26)22-9-7-21(8-10-22)29(23,24)13-3-5-15(19)16(20)11-13/h3-6,11-12H,7-10H2,1-2H3. The Morgan fingerprint density at radius 2 is 1.17 bits per heavy atom. The third kappa shape index (κ3) is 4.13. The van der Waals surface area contributed by atoms with Gasteiger partial charge >= 0.3 is 0 Å². The van der Waals surface area contributed by atoms with Gasteiger partial charge in [-0.15, -0.1) is 0 Å². The molecule has 1 heterocycles. The fraction of sp³-hybridized carbons (Fsp3) is 0.333. The lowest BCUT2D eigenvalue weighted by Gasteiger charge is -2.33. The minimum absolute atomic E-state index is 0.0166. The van der Waals surface area contributed by atoms with Crippen molar-refractivity contribution in [2.75, 3.05) is 40.4 Å². The zero-order chi connectivity index (χ0) is 22.1. The van der Waals surface area contributed by atoms with Crippen LogP contribution in [-0.2, 0) is 20.0 Å². The molecule has 1 aliphatic heterocycles. The number of benzene rings is 2. The summed E-state index contributed by atoms with van der Waals surface area (Å²) in [5.41, 5.74) is 0. The van der Waals surface area contributed by atoms with E-state index in [1.165, 1.54) is 32.4 Å². The SMILES string of the molecule is COc1ccc(S(=O)(=O)N2CCN(S(=O)(=O)c3ccc(F)c(F)c3)CC2)cc1OC. The second kappa shape index (κ2) is 8.46. The lowest BCUT2D eigenvalue weighted by atomic mass is 10.3. The van der Waals surface area contributed by atoms with E-state index in [1.807, 2.05) is 0 Å². The quantitative estimate of drug-likeness (QED) is 0.649. The summed E-state index contributed by atoms with van der Waals surface area (Å²) >= 11 is 0. The molecule has 2 aromatic rings. The minimum atomic E-state index is -4.09.